The maximum absolute atomic E-state index is 15.4. The predicted molar refractivity (Wildman–Crippen MR) is 153 cm³/mol. The summed E-state index contributed by atoms with van der Waals surface area (Å²) in [4.78, 5) is 17.5. The predicted octanol–water partition coefficient (Wildman–Crippen LogP) is 5.81. The Balaban J connectivity index is 1.33. The Morgan fingerprint density at radius 3 is 2.51 bits per heavy atom. The molecule has 10 nitrogen and oxygen atoms in total. The first-order valence-corrected chi connectivity index (χ1v) is 15.8. The van der Waals surface area contributed by atoms with Gasteiger partial charge in [0.25, 0.3) is 0 Å². The number of nitrogens with zero attached hydrogens (tertiary/aromatic N) is 3. The van der Waals surface area contributed by atoms with Crippen molar-refractivity contribution in [2.45, 2.75) is 71.8 Å². The number of nitrogens with two attached hydrogens (primary N) is 1. The topological polar surface area (TPSA) is 131 Å². The van der Waals surface area contributed by atoms with Crippen LogP contribution in [0.1, 0.15) is 56.5 Å². The number of rotatable bonds is 8. The molecule has 3 N–H and O–H groups in total. The Hall–Kier alpha value is -3.25. The lowest BCUT2D eigenvalue weighted by molar-refractivity contribution is -0.118. The molecule has 1 saturated carbocycles. The van der Waals surface area contributed by atoms with Crippen molar-refractivity contribution < 1.29 is 36.3 Å². The average molecular weight is 622 g/mol. The van der Waals surface area contributed by atoms with E-state index in [2.05, 4.69) is 15.4 Å². The second kappa shape index (κ2) is 11.0. The summed E-state index contributed by atoms with van der Waals surface area (Å²) >= 11 is 0. The highest BCUT2D eigenvalue weighted by Crippen LogP contribution is 2.61. The number of anilines is 1. The van der Waals surface area contributed by atoms with Crippen molar-refractivity contribution in [2.24, 2.45) is 11.1 Å². The SMILES string of the molecule is Cc1nn(COP(C)(=O)OC(C)(C)C)c(C)c1-c1ncc(NC(=O)[C@@H](N)C2c3cc(F)c(F)cc3OCC23CC3)cc1F. The van der Waals surface area contributed by atoms with Gasteiger partial charge in [-0.2, -0.15) is 5.10 Å². The minimum absolute atomic E-state index is 0.00182. The summed E-state index contributed by atoms with van der Waals surface area (Å²) in [7, 11) is -3.40. The maximum Gasteiger partial charge on any atom is 0.329 e. The van der Waals surface area contributed by atoms with E-state index in [1.165, 1.54) is 17.5 Å². The normalized spacial score (nSPS) is 19.3. The van der Waals surface area contributed by atoms with Crippen molar-refractivity contribution in [3.63, 3.8) is 0 Å². The van der Waals surface area contributed by atoms with E-state index in [1.54, 1.807) is 34.6 Å². The largest absolute Gasteiger partial charge is 0.493 e. The third-order valence-corrected chi connectivity index (χ3v) is 9.16. The number of fused-ring (bicyclic) bond motifs is 1. The highest BCUT2D eigenvalue weighted by atomic mass is 31.2. The summed E-state index contributed by atoms with van der Waals surface area (Å²) < 4.78 is 74.2. The Morgan fingerprint density at radius 2 is 1.88 bits per heavy atom. The molecule has 1 spiro atoms. The fourth-order valence-electron chi connectivity index (χ4n) is 5.66. The van der Waals surface area contributed by atoms with Gasteiger partial charge in [0.1, 0.15) is 18.2 Å². The molecule has 3 heterocycles. The van der Waals surface area contributed by atoms with Crippen molar-refractivity contribution in [2.75, 3.05) is 18.6 Å². The van der Waals surface area contributed by atoms with Crippen LogP contribution in [0.2, 0.25) is 0 Å². The number of nitrogens with one attached hydrogen (secondary N) is 1. The molecule has 2 unspecified atom stereocenters. The molecule has 1 fully saturated rings. The molecule has 1 amide bonds. The summed E-state index contributed by atoms with van der Waals surface area (Å²) in [5.41, 5.74) is 7.09. The van der Waals surface area contributed by atoms with Crippen LogP contribution in [0.3, 0.4) is 0 Å². The molecular formula is C29H35F3N5O5P. The molecule has 1 aromatic carbocycles. The van der Waals surface area contributed by atoms with Gasteiger partial charge >= 0.3 is 7.60 Å². The van der Waals surface area contributed by atoms with Crippen molar-refractivity contribution in [1.82, 2.24) is 14.8 Å². The first-order valence-electron chi connectivity index (χ1n) is 13.8. The van der Waals surface area contributed by atoms with E-state index in [4.69, 9.17) is 19.5 Å². The molecule has 43 heavy (non-hydrogen) atoms. The fourth-order valence-corrected chi connectivity index (χ4v) is 7.03. The Morgan fingerprint density at radius 1 is 1.21 bits per heavy atom. The first-order chi connectivity index (χ1) is 20.0. The molecule has 3 atom stereocenters. The average Bonchev–Trinajstić information content (AvgIpc) is 3.60. The number of halogens is 3. The van der Waals surface area contributed by atoms with Crippen LogP contribution in [-0.4, -0.2) is 45.6 Å². The summed E-state index contributed by atoms with van der Waals surface area (Å²) in [5.74, 6) is -3.91. The van der Waals surface area contributed by atoms with Crippen LogP contribution in [-0.2, 0) is 25.1 Å². The third-order valence-electron chi connectivity index (χ3n) is 7.70. The highest BCUT2D eigenvalue weighted by Gasteiger charge is 2.57. The number of hydrogen-bond donors (Lipinski definition) is 2. The van der Waals surface area contributed by atoms with E-state index < -0.39 is 53.9 Å². The zero-order chi connectivity index (χ0) is 31.5. The number of hydrogen-bond acceptors (Lipinski definition) is 8. The molecule has 0 radical (unpaired) electrons. The van der Waals surface area contributed by atoms with Crippen LogP contribution in [0.4, 0.5) is 18.9 Å². The Kier molecular flexibility index (Phi) is 8.00. The minimum Gasteiger partial charge on any atom is -0.493 e. The second-order valence-electron chi connectivity index (χ2n) is 12.3. The molecule has 2 aliphatic rings. The second-order valence-corrected chi connectivity index (χ2v) is 14.3. The monoisotopic (exact) mass is 621 g/mol. The summed E-state index contributed by atoms with van der Waals surface area (Å²) in [6, 6.07) is 1.98. The van der Waals surface area contributed by atoms with Crippen LogP contribution >= 0.6 is 7.60 Å². The van der Waals surface area contributed by atoms with Gasteiger partial charge in [-0.15, -0.1) is 0 Å². The molecule has 232 valence electrons. The smallest absolute Gasteiger partial charge is 0.329 e. The summed E-state index contributed by atoms with van der Waals surface area (Å²) in [6.45, 7) is 10.1. The quantitative estimate of drug-likeness (QED) is 0.301. The van der Waals surface area contributed by atoms with Gasteiger partial charge in [-0.3, -0.25) is 18.9 Å². The number of benzene rings is 1. The maximum atomic E-state index is 15.4. The van der Waals surface area contributed by atoms with Gasteiger partial charge in [-0.1, -0.05) is 0 Å². The van der Waals surface area contributed by atoms with E-state index in [-0.39, 0.29) is 30.5 Å². The summed E-state index contributed by atoms with van der Waals surface area (Å²) in [5, 5.41) is 6.99. The molecule has 3 aromatic rings. The Bertz CT molecular complexity index is 1640. The first kappa shape index (κ1) is 31.2. The van der Waals surface area contributed by atoms with Gasteiger partial charge in [0.15, 0.2) is 17.5 Å². The van der Waals surface area contributed by atoms with Gasteiger partial charge < -0.3 is 20.3 Å². The lowest BCUT2D eigenvalue weighted by atomic mass is 9.76. The number of ether oxygens (including phenoxy) is 1. The van der Waals surface area contributed by atoms with Crippen LogP contribution in [0, 0.1) is 36.7 Å². The molecule has 1 aliphatic carbocycles. The number of amides is 1. The van der Waals surface area contributed by atoms with Gasteiger partial charge in [0, 0.05) is 47.0 Å². The van der Waals surface area contributed by atoms with Crippen LogP contribution < -0.4 is 15.8 Å². The molecule has 2 aromatic heterocycles. The third kappa shape index (κ3) is 6.35. The standard InChI is InChI=1S/C29H35F3N5O5P/c1-15-23(16(2)37(36-15)14-41-43(6,39)42-28(3,4)5)26-21(32)9-17(12-34-26)35-27(38)25(33)24-18-10-19(30)20(31)11-22(18)40-13-29(24)7-8-29/h9-12,24-25H,7-8,13-14,33H2,1-6H3,(H,35,38)/t24?,25-,43?/m0/s1. The van der Waals surface area contributed by atoms with Crippen molar-refractivity contribution in [3.05, 3.63) is 58.8 Å². The number of aryl methyl sites for hydroxylation is 1. The van der Waals surface area contributed by atoms with E-state index in [0.717, 1.165) is 31.0 Å². The zero-order valence-electron chi connectivity index (χ0n) is 24.8. The zero-order valence-corrected chi connectivity index (χ0v) is 25.7. The molecular weight excluding hydrogens is 586 g/mol. The van der Waals surface area contributed by atoms with Crippen LogP contribution in [0.15, 0.2) is 24.4 Å². The van der Waals surface area contributed by atoms with E-state index in [0.29, 0.717) is 22.5 Å². The molecule has 5 rings (SSSR count). The van der Waals surface area contributed by atoms with Gasteiger partial charge in [0.2, 0.25) is 5.91 Å². The summed E-state index contributed by atoms with van der Waals surface area (Å²) in [6.07, 6.45) is 2.74. The van der Waals surface area contributed by atoms with Crippen LogP contribution in [0.5, 0.6) is 5.75 Å². The van der Waals surface area contributed by atoms with Gasteiger partial charge in [-0.05, 0) is 53.5 Å². The molecule has 0 saturated heterocycles. The fraction of sp³-hybridized carbons (Fsp3) is 0.483. The number of carbonyl (C=O) groups is 1. The molecule has 14 heteroatoms. The highest BCUT2D eigenvalue weighted by molar-refractivity contribution is 7.53. The van der Waals surface area contributed by atoms with Gasteiger partial charge in [0.05, 0.1) is 35.8 Å². The van der Waals surface area contributed by atoms with E-state index in [9.17, 15) is 18.1 Å². The number of aromatic nitrogens is 3. The molecule has 1 aliphatic heterocycles. The van der Waals surface area contributed by atoms with E-state index >= 15 is 4.39 Å². The lowest BCUT2D eigenvalue weighted by Gasteiger charge is -2.37. The van der Waals surface area contributed by atoms with Crippen molar-refractivity contribution in [3.8, 4) is 17.0 Å². The number of pyridine rings is 1. The van der Waals surface area contributed by atoms with Gasteiger partial charge in [-0.25, -0.2) is 17.9 Å². The molecule has 0 bridgehead atoms. The van der Waals surface area contributed by atoms with E-state index in [1.807, 2.05) is 0 Å². The van der Waals surface area contributed by atoms with Crippen molar-refractivity contribution >= 4 is 19.2 Å². The van der Waals surface area contributed by atoms with Crippen molar-refractivity contribution in [1.29, 1.82) is 0 Å². The van der Waals surface area contributed by atoms with Crippen LogP contribution in [0.25, 0.3) is 11.3 Å². The Labute approximate surface area is 247 Å². The number of carbonyl (C=O) groups excluding carboxylic acids is 1. The lowest BCUT2D eigenvalue weighted by Crippen LogP contribution is -2.47. The minimum atomic E-state index is -3.40.